The maximum absolute atomic E-state index is 12.7. The van der Waals surface area contributed by atoms with Crippen LogP contribution in [0.3, 0.4) is 0 Å². The van der Waals surface area contributed by atoms with E-state index >= 15 is 0 Å². The van der Waals surface area contributed by atoms with E-state index in [0.29, 0.717) is 49.5 Å². The van der Waals surface area contributed by atoms with E-state index in [1.54, 1.807) is 32.0 Å². The van der Waals surface area contributed by atoms with Crippen molar-refractivity contribution < 1.29 is 33.4 Å². The van der Waals surface area contributed by atoms with Gasteiger partial charge in [-0.15, -0.1) is 0 Å². The Balaban J connectivity index is 1.52. The van der Waals surface area contributed by atoms with Gasteiger partial charge in [-0.3, -0.25) is 19.2 Å². The van der Waals surface area contributed by atoms with E-state index in [1.807, 2.05) is 0 Å². The van der Waals surface area contributed by atoms with Crippen LogP contribution in [0.15, 0.2) is 18.2 Å². The van der Waals surface area contributed by atoms with Crippen LogP contribution in [0, 0.1) is 11.8 Å². The first-order chi connectivity index (χ1) is 16.3. The van der Waals surface area contributed by atoms with Gasteiger partial charge in [-0.05, 0) is 37.0 Å². The Kier molecular flexibility index (Phi) is 8.44. The first kappa shape index (κ1) is 25.0. The first-order valence-electron chi connectivity index (χ1n) is 11.3. The number of aldehydes is 1. The van der Waals surface area contributed by atoms with Crippen molar-refractivity contribution in [3.8, 4) is 11.5 Å². The average molecular weight is 475 g/mol. The van der Waals surface area contributed by atoms with E-state index in [1.165, 1.54) is 0 Å². The Morgan fingerprint density at radius 2 is 1.88 bits per heavy atom. The smallest absolute Gasteiger partial charge is 0.252 e. The van der Waals surface area contributed by atoms with Gasteiger partial charge in [-0.1, -0.05) is 13.8 Å². The third kappa shape index (κ3) is 6.46. The molecular formula is C23H30N4O7. The molecule has 184 valence electrons. The summed E-state index contributed by atoms with van der Waals surface area (Å²) in [5.41, 5.74) is 0.310. The number of amides is 4. The zero-order valence-electron chi connectivity index (χ0n) is 19.2. The molecule has 0 spiro atoms. The van der Waals surface area contributed by atoms with Crippen LogP contribution in [-0.2, 0) is 19.2 Å². The quantitative estimate of drug-likeness (QED) is 0.335. The number of nitrogens with one attached hydrogen (secondary N) is 4. The van der Waals surface area contributed by atoms with E-state index in [0.717, 1.165) is 0 Å². The second kappa shape index (κ2) is 11.5. The maximum atomic E-state index is 12.7. The van der Waals surface area contributed by atoms with Crippen LogP contribution in [0.5, 0.6) is 11.5 Å². The largest absolute Gasteiger partial charge is 0.486 e. The molecule has 1 aromatic rings. The van der Waals surface area contributed by atoms with Crippen molar-refractivity contribution in [2.45, 2.75) is 38.8 Å². The van der Waals surface area contributed by atoms with Crippen molar-refractivity contribution in [2.75, 3.05) is 26.3 Å². The highest BCUT2D eigenvalue weighted by Crippen LogP contribution is 2.30. The Labute approximate surface area is 197 Å². The van der Waals surface area contributed by atoms with Gasteiger partial charge in [0.1, 0.15) is 25.5 Å². The van der Waals surface area contributed by atoms with Gasteiger partial charge < -0.3 is 35.5 Å². The molecule has 2 aliphatic heterocycles. The summed E-state index contributed by atoms with van der Waals surface area (Å²) >= 11 is 0. The van der Waals surface area contributed by atoms with Gasteiger partial charge in [0.05, 0.1) is 12.6 Å². The Morgan fingerprint density at radius 3 is 2.53 bits per heavy atom. The molecule has 0 aromatic heterocycles. The lowest BCUT2D eigenvalue weighted by atomic mass is 9.99. The SMILES string of the molecule is CC(C)C(NC(=O)c1ccc2c(c1)OCCO2)C(=O)NCC(=O)NC(C=O)CC1CCNC1=O. The lowest BCUT2D eigenvalue weighted by molar-refractivity contribution is -0.128. The normalized spacial score (nSPS) is 18.4. The molecule has 3 atom stereocenters. The predicted octanol–water partition coefficient (Wildman–Crippen LogP) is -0.462. The van der Waals surface area contributed by atoms with Crippen molar-refractivity contribution in [1.82, 2.24) is 21.3 Å². The number of fused-ring (bicyclic) bond motifs is 1. The summed E-state index contributed by atoms with van der Waals surface area (Å²) in [6, 6.07) is 3.05. The van der Waals surface area contributed by atoms with E-state index in [-0.39, 0.29) is 30.7 Å². The van der Waals surface area contributed by atoms with Gasteiger partial charge in [0.2, 0.25) is 17.7 Å². The predicted molar refractivity (Wildman–Crippen MR) is 120 cm³/mol. The van der Waals surface area contributed by atoms with Gasteiger partial charge >= 0.3 is 0 Å². The van der Waals surface area contributed by atoms with Gasteiger partial charge in [-0.25, -0.2) is 0 Å². The zero-order chi connectivity index (χ0) is 24.7. The van der Waals surface area contributed by atoms with Crippen molar-refractivity contribution in [1.29, 1.82) is 0 Å². The van der Waals surface area contributed by atoms with E-state index in [2.05, 4.69) is 21.3 Å². The summed E-state index contributed by atoms with van der Waals surface area (Å²) in [6.07, 6.45) is 1.39. The maximum Gasteiger partial charge on any atom is 0.252 e. The van der Waals surface area contributed by atoms with Crippen LogP contribution in [0.1, 0.15) is 37.0 Å². The lowest BCUT2D eigenvalue weighted by Gasteiger charge is -2.23. The molecule has 1 fully saturated rings. The van der Waals surface area contributed by atoms with E-state index in [4.69, 9.17) is 9.47 Å². The summed E-state index contributed by atoms with van der Waals surface area (Å²) < 4.78 is 10.9. The van der Waals surface area contributed by atoms with Crippen LogP contribution < -0.4 is 30.7 Å². The minimum absolute atomic E-state index is 0.136. The minimum atomic E-state index is -0.891. The van der Waals surface area contributed by atoms with E-state index < -0.39 is 29.8 Å². The van der Waals surface area contributed by atoms with Gasteiger partial charge in [0, 0.05) is 18.0 Å². The van der Waals surface area contributed by atoms with Crippen LogP contribution in [-0.4, -0.2) is 68.3 Å². The zero-order valence-corrected chi connectivity index (χ0v) is 19.2. The molecule has 11 nitrogen and oxygen atoms in total. The van der Waals surface area contributed by atoms with Crippen molar-refractivity contribution in [3.63, 3.8) is 0 Å². The van der Waals surface area contributed by atoms with Crippen molar-refractivity contribution >= 4 is 29.9 Å². The summed E-state index contributed by atoms with van der Waals surface area (Å²) in [6.45, 7) is 4.53. The minimum Gasteiger partial charge on any atom is -0.486 e. The van der Waals surface area contributed by atoms with Gasteiger partial charge in [-0.2, -0.15) is 0 Å². The molecule has 3 rings (SSSR count). The number of carbonyl (C=O) groups is 5. The molecule has 1 aromatic carbocycles. The summed E-state index contributed by atoms with van der Waals surface area (Å²) in [7, 11) is 0. The number of ether oxygens (including phenoxy) is 2. The topological polar surface area (TPSA) is 152 Å². The molecule has 3 unspecified atom stereocenters. The number of rotatable bonds is 10. The van der Waals surface area contributed by atoms with Crippen LogP contribution in [0.25, 0.3) is 0 Å². The molecule has 0 aliphatic carbocycles. The third-order valence-electron chi connectivity index (χ3n) is 5.68. The third-order valence-corrected chi connectivity index (χ3v) is 5.68. The Bertz CT molecular complexity index is 949. The fourth-order valence-corrected chi connectivity index (χ4v) is 3.80. The van der Waals surface area contributed by atoms with Crippen molar-refractivity contribution in [3.05, 3.63) is 23.8 Å². The Hall–Kier alpha value is -3.63. The molecule has 2 aliphatic rings. The fraction of sp³-hybridized carbons (Fsp3) is 0.522. The Morgan fingerprint density at radius 1 is 1.15 bits per heavy atom. The standard InChI is InChI=1S/C23H30N4O7/c1-13(2)20(27-22(31)14-3-4-17-18(10-14)34-8-7-33-17)23(32)25-11-19(29)26-16(12-28)9-15-5-6-24-21(15)30/h3-4,10,12-13,15-16,20H,5-9,11H2,1-2H3,(H,24,30)(H,25,32)(H,26,29)(H,27,31). The van der Waals surface area contributed by atoms with Gasteiger partial charge in [0.25, 0.3) is 5.91 Å². The molecular weight excluding hydrogens is 444 g/mol. The summed E-state index contributed by atoms with van der Waals surface area (Å²) in [5.74, 6) is -1.28. The van der Waals surface area contributed by atoms with Gasteiger partial charge in [0.15, 0.2) is 11.5 Å². The highest BCUT2D eigenvalue weighted by Gasteiger charge is 2.29. The number of benzene rings is 1. The number of hydrogen-bond donors (Lipinski definition) is 4. The highest BCUT2D eigenvalue weighted by molar-refractivity contribution is 5.98. The number of carbonyl (C=O) groups excluding carboxylic acids is 5. The molecule has 0 saturated carbocycles. The molecule has 0 bridgehead atoms. The molecule has 4 amide bonds. The lowest BCUT2D eigenvalue weighted by Crippen LogP contribution is -2.52. The van der Waals surface area contributed by atoms with E-state index in [9.17, 15) is 24.0 Å². The molecule has 11 heteroatoms. The number of hydrogen-bond acceptors (Lipinski definition) is 7. The van der Waals surface area contributed by atoms with Crippen LogP contribution in [0.4, 0.5) is 0 Å². The molecule has 34 heavy (non-hydrogen) atoms. The summed E-state index contributed by atoms with van der Waals surface area (Å²) in [4.78, 5) is 60.7. The van der Waals surface area contributed by atoms with Crippen LogP contribution >= 0.6 is 0 Å². The molecule has 1 saturated heterocycles. The van der Waals surface area contributed by atoms with Crippen molar-refractivity contribution in [2.24, 2.45) is 11.8 Å². The highest BCUT2D eigenvalue weighted by atomic mass is 16.6. The monoisotopic (exact) mass is 474 g/mol. The van der Waals surface area contributed by atoms with Crippen LogP contribution in [0.2, 0.25) is 0 Å². The summed E-state index contributed by atoms with van der Waals surface area (Å²) in [5, 5.41) is 10.4. The second-order valence-electron chi connectivity index (χ2n) is 8.59. The molecule has 4 N–H and O–H groups in total. The second-order valence-corrected chi connectivity index (χ2v) is 8.59. The fourth-order valence-electron chi connectivity index (χ4n) is 3.80. The average Bonchev–Trinajstić information content (AvgIpc) is 3.23. The molecule has 2 heterocycles. The molecule has 0 radical (unpaired) electrons. The first-order valence-corrected chi connectivity index (χ1v) is 11.3.